The number of hydrogen-bond acceptors (Lipinski definition) is 5. The fourth-order valence-electron chi connectivity index (χ4n) is 2.58. The Bertz CT molecular complexity index is 650. The van der Waals surface area contributed by atoms with Crippen LogP contribution >= 0.6 is 0 Å². The molecule has 1 aliphatic rings. The van der Waals surface area contributed by atoms with E-state index in [9.17, 15) is 18.8 Å². The number of ether oxygens (including phenoxy) is 1. The molecular weight excluding hydrogens is 333 g/mol. The van der Waals surface area contributed by atoms with E-state index in [4.69, 9.17) is 9.94 Å². The lowest BCUT2D eigenvalue weighted by atomic mass is 10.0. The van der Waals surface area contributed by atoms with Crippen molar-refractivity contribution >= 4 is 17.8 Å². The van der Waals surface area contributed by atoms with Crippen LogP contribution in [-0.2, 0) is 20.9 Å². The summed E-state index contributed by atoms with van der Waals surface area (Å²) in [5.74, 6) is -2.20. The van der Waals surface area contributed by atoms with Gasteiger partial charge in [-0.2, -0.15) is 0 Å². The molecule has 1 aliphatic heterocycles. The Morgan fingerprint density at radius 3 is 2.56 bits per heavy atom. The second-order valence-corrected chi connectivity index (χ2v) is 6.02. The third kappa shape index (κ3) is 4.31. The lowest BCUT2D eigenvalue weighted by molar-refractivity contribution is -0.142. The first kappa shape index (κ1) is 18.8. The standard InChI is InChI=1S/C16H20FN3O5/c1-9(2)13(14(21)19-24)20-15(22)12(18-16(20)23)8-25-7-10-3-5-11(17)6-4-10/h3-6,9,12-13,24H,7-8H2,1-2H3,(H,18,23)(H,19,21)/t12-,13+/m0/s1. The number of halogens is 1. The molecule has 1 saturated heterocycles. The zero-order valence-electron chi connectivity index (χ0n) is 13.9. The molecule has 0 aromatic heterocycles. The molecule has 3 N–H and O–H groups in total. The SMILES string of the molecule is CC(C)[C@H](C(=O)NO)N1C(=O)N[C@@H](COCc2ccc(F)cc2)C1=O. The Morgan fingerprint density at radius 2 is 2.00 bits per heavy atom. The highest BCUT2D eigenvalue weighted by Gasteiger charge is 2.45. The lowest BCUT2D eigenvalue weighted by Crippen LogP contribution is -2.52. The molecule has 0 radical (unpaired) electrons. The van der Waals surface area contributed by atoms with E-state index >= 15 is 0 Å². The van der Waals surface area contributed by atoms with E-state index in [1.165, 1.54) is 17.6 Å². The summed E-state index contributed by atoms with van der Waals surface area (Å²) >= 11 is 0. The van der Waals surface area contributed by atoms with Gasteiger partial charge in [0.1, 0.15) is 17.9 Å². The van der Waals surface area contributed by atoms with Gasteiger partial charge in [0.05, 0.1) is 13.2 Å². The van der Waals surface area contributed by atoms with E-state index in [1.807, 2.05) is 0 Å². The van der Waals surface area contributed by atoms with Crippen LogP contribution in [0.5, 0.6) is 0 Å². The van der Waals surface area contributed by atoms with Crippen molar-refractivity contribution in [3.63, 3.8) is 0 Å². The number of nitrogens with zero attached hydrogens (tertiary/aromatic N) is 1. The van der Waals surface area contributed by atoms with Crippen molar-refractivity contribution in [1.82, 2.24) is 15.7 Å². The van der Waals surface area contributed by atoms with Crippen molar-refractivity contribution < 1.29 is 28.7 Å². The molecule has 0 aliphatic carbocycles. The first-order valence-electron chi connectivity index (χ1n) is 7.74. The second kappa shape index (κ2) is 8.04. The minimum Gasteiger partial charge on any atom is -0.374 e. The summed E-state index contributed by atoms with van der Waals surface area (Å²) in [6.07, 6.45) is 0. The van der Waals surface area contributed by atoms with E-state index < -0.39 is 29.9 Å². The minimum absolute atomic E-state index is 0.0932. The number of urea groups is 1. The maximum absolute atomic E-state index is 12.8. The maximum atomic E-state index is 12.8. The highest BCUT2D eigenvalue weighted by atomic mass is 19.1. The maximum Gasteiger partial charge on any atom is 0.325 e. The van der Waals surface area contributed by atoms with E-state index in [1.54, 1.807) is 26.0 Å². The van der Waals surface area contributed by atoms with Crippen LogP contribution in [0, 0.1) is 11.7 Å². The highest BCUT2D eigenvalue weighted by Crippen LogP contribution is 2.18. The Labute approximate surface area is 143 Å². The first-order valence-corrected chi connectivity index (χ1v) is 7.74. The summed E-state index contributed by atoms with van der Waals surface area (Å²) < 4.78 is 18.2. The number of amides is 4. The van der Waals surface area contributed by atoms with E-state index in [0.29, 0.717) is 0 Å². The van der Waals surface area contributed by atoms with Gasteiger partial charge in [0.25, 0.3) is 11.8 Å². The van der Waals surface area contributed by atoms with Gasteiger partial charge in [-0.25, -0.2) is 19.6 Å². The molecule has 8 nitrogen and oxygen atoms in total. The quantitative estimate of drug-likeness (QED) is 0.382. The third-order valence-corrected chi connectivity index (χ3v) is 3.81. The van der Waals surface area contributed by atoms with E-state index in [-0.39, 0.29) is 24.9 Å². The van der Waals surface area contributed by atoms with E-state index in [0.717, 1.165) is 10.5 Å². The van der Waals surface area contributed by atoms with Gasteiger partial charge < -0.3 is 10.1 Å². The molecule has 1 aromatic rings. The van der Waals surface area contributed by atoms with Gasteiger partial charge in [-0.1, -0.05) is 26.0 Å². The Hall–Kier alpha value is -2.52. The van der Waals surface area contributed by atoms with Gasteiger partial charge in [0, 0.05) is 0 Å². The molecule has 2 atom stereocenters. The molecule has 0 spiro atoms. The lowest BCUT2D eigenvalue weighted by Gasteiger charge is -2.26. The number of carbonyl (C=O) groups excluding carboxylic acids is 3. The van der Waals surface area contributed by atoms with Crippen molar-refractivity contribution in [2.24, 2.45) is 5.92 Å². The van der Waals surface area contributed by atoms with Crippen LogP contribution in [0.15, 0.2) is 24.3 Å². The van der Waals surface area contributed by atoms with Crippen LogP contribution in [0.1, 0.15) is 19.4 Å². The van der Waals surface area contributed by atoms with Gasteiger partial charge in [0.15, 0.2) is 0 Å². The first-order chi connectivity index (χ1) is 11.8. The summed E-state index contributed by atoms with van der Waals surface area (Å²) in [5.41, 5.74) is 2.19. The summed E-state index contributed by atoms with van der Waals surface area (Å²) in [5, 5.41) is 11.3. The molecular formula is C16H20FN3O5. The minimum atomic E-state index is -1.13. The van der Waals surface area contributed by atoms with Crippen molar-refractivity contribution in [2.45, 2.75) is 32.5 Å². The Balaban J connectivity index is 1.97. The van der Waals surface area contributed by atoms with Crippen LogP contribution in [0.2, 0.25) is 0 Å². The van der Waals surface area contributed by atoms with Gasteiger partial charge in [-0.05, 0) is 23.6 Å². The van der Waals surface area contributed by atoms with Crippen LogP contribution < -0.4 is 10.8 Å². The molecule has 0 bridgehead atoms. The molecule has 0 saturated carbocycles. The summed E-state index contributed by atoms with van der Waals surface area (Å²) in [4.78, 5) is 37.0. The average molecular weight is 353 g/mol. The van der Waals surface area contributed by atoms with Gasteiger partial charge >= 0.3 is 6.03 Å². The number of rotatable bonds is 7. The van der Waals surface area contributed by atoms with Crippen LogP contribution in [0.4, 0.5) is 9.18 Å². The molecule has 2 rings (SSSR count). The normalized spacial score (nSPS) is 18.4. The Kier molecular flexibility index (Phi) is 6.05. The molecule has 9 heteroatoms. The third-order valence-electron chi connectivity index (χ3n) is 3.81. The fourth-order valence-corrected chi connectivity index (χ4v) is 2.58. The molecule has 136 valence electrons. The Morgan fingerprint density at radius 1 is 1.36 bits per heavy atom. The smallest absolute Gasteiger partial charge is 0.325 e. The zero-order chi connectivity index (χ0) is 18.6. The molecule has 25 heavy (non-hydrogen) atoms. The molecule has 0 unspecified atom stereocenters. The van der Waals surface area contributed by atoms with Crippen molar-refractivity contribution in [3.05, 3.63) is 35.6 Å². The fraction of sp³-hybridized carbons (Fsp3) is 0.438. The van der Waals surface area contributed by atoms with Crippen molar-refractivity contribution in [2.75, 3.05) is 6.61 Å². The average Bonchev–Trinajstić information content (AvgIpc) is 2.84. The molecule has 1 fully saturated rings. The number of nitrogens with one attached hydrogen (secondary N) is 2. The predicted molar refractivity (Wildman–Crippen MR) is 83.8 cm³/mol. The van der Waals surface area contributed by atoms with Crippen LogP contribution in [-0.4, -0.2) is 46.6 Å². The number of imide groups is 1. The summed E-state index contributed by atoms with van der Waals surface area (Å²) in [6, 6.07) is 2.92. The zero-order valence-corrected chi connectivity index (χ0v) is 13.9. The van der Waals surface area contributed by atoms with Gasteiger partial charge in [0.2, 0.25) is 0 Å². The number of hydrogen-bond donors (Lipinski definition) is 3. The number of carbonyl (C=O) groups is 3. The molecule has 1 aromatic carbocycles. The number of hydroxylamine groups is 1. The van der Waals surface area contributed by atoms with E-state index in [2.05, 4.69) is 5.32 Å². The van der Waals surface area contributed by atoms with Crippen LogP contribution in [0.25, 0.3) is 0 Å². The topological polar surface area (TPSA) is 108 Å². The van der Waals surface area contributed by atoms with Crippen LogP contribution in [0.3, 0.4) is 0 Å². The highest BCUT2D eigenvalue weighted by molar-refractivity contribution is 6.07. The summed E-state index contributed by atoms with van der Waals surface area (Å²) in [7, 11) is 0. The predicted octanol–water partition coefficient (Wildman–Crippen LogP) is 0.793. The molecule has 4 amide bonds. The molecule has 1 heterocycles. The number of benzene rings is 1. The second-order valence-electron chi connectivity index (χ2n) is 6.02. The largest absolute Gasteiger partial charge is 0.374 e. The monoisotopic (exact) mass is 353 g/mol. The van der Waals surface area contributed by atoms with Crippen molar-refractivity contribution in [1.29, 1.82) is 0 Å². The van der Waals surface area contributed by atoms with Gasteiger partial charge in [-0.15, -0.1) is 0 Å². The summed E-state index contributed by atoms with van der Waals surface area (Å²) in [6.45, 7) is 3.35. The van der Waals surface area contributed by atoms with Gasteiger partial charge in [-0.3, -0.25) is 14.8 Å². The van der Waals surface area contributed by atoms with Crippen molar-refractivity contribution in [3.8, 4) is 0 Å².